The van der Waals surface area contributed by atoms with Crippen LogP contribution >= 0.6 is 0 Å². The van der Waals surface area contributed by atoms with E-state index in [1.807, 2.05) is 0 Å². The lowest BCUT2D eigenvalue weighted by Gasteiger charge is -1.93. The molecule has 0 bridgehead atoms. The van der Waals surface area contributed by atoms with Crippen molar-refractivity contribution >= 4 is 16.8 Å². The van der Waals surface area contributed by atoms with Gasteiger partial charge in [-0.25, -0.2) is 0 Å². The minimum atomic E-state index is 0.812. The maximum Gasteiger partial charge on any atom is 0.200 e. The van der Waals surface area contributed by atoms with E-state index in [2.05, 4.69) is 0 Å². The molecule has 2 nitrogen and oxygen atoms in total. The van der Waals surface area contributed by atoms with E-state index in [0.29, 0.717) is 0 Å². The quantitative estimate of drug-likeness (QED) is 0.278. The summed E-state index contributed by atoms with van der Waals surface area (Å²) in [6, 6.07) is 0. The Bertz CT molecular complexity index is 36.6. The Morgan fingerprint density at radius 2 is 2.20 bits per heavy atom. The molecule has 0 heterocycles. The Morgan fingerprint density at radius 1 is 2.00 bits per heavy atom. The highest BCUT2D eigenvalue weighted by Crippen LogP contribution is 1.49. The molecule has 0 aliphatic rings. The van der Waals surface area contributed by atoms with Gasteiger partial charge in [0.2, 0.25) is 6.41 Å². The monoisotopic (exact) mass is 89.0 g/mol. The first-order chi connectivity index (χ1) is 2.27. The van der Waals surface area contributed by atoms with Crippen LogP contribution in [-0.2, 0) is 4.79 Å². The fourth-order valence-electron chi connectivity index (χ4n) is 0. The fraction of sp³-hybridized carbons (Fsp3) is 0.500. The molecule has 0 aliphatic heterocycles. The molecule has 0 saturated carbocycles. The number of hydrogen-bond donors (Lipinski definition) is 0. The zero-order valence-corrected chi connectivity index (χ0v) is 5.43. The predicted octanol–water partition coefficient (Wildman–Crippen LogP) is -1.65. The van der Waals surface area contributed by atoms with Crippen molar-refractivity contribution in [1.29, 1.82) is 0 Å². The summed E-state index contributed by atoms with van der Waals surface area (Å²) in [4.78, 5) is 9.47. The largest absolute Gasteiger partial charge is 0.383 e. The summed E-state index contributed by atoms with van der Waals surface area (Å²) in [6.45, 7) is 0. The Morgan fingerprint density at radius 3 is 2.20 bits per heavy atom. The van der Waals surface area contributed by atoms with Gasteiger partial charge in [-0.2, -0.15) is 0 Å². The van der Waals surface area contributed by atoms with Crippen LogP contribution in [0.5, 0.6) is 0 Å². The summed E-state index contributed by atoms with van der Waals surface area (Å²) in [5.41, 5.74) is 0. The van der Waals surface area contributed by atoms with Gasteiger partial charge in [0, 0.05) is 0 Å². The van der Waals surface area contributed by atoms with Gasteiger partial charge in [0.15, 0.2) is 0 Å². The van der Waals surface area contributed by atoms with Crippen molar-refractivity contribution in [1.82, 2.24) is 4.57 Å². The highest BCUT2D eigenvalue weighted by molar-refractivity contribution is 6.09. The van der Waals surface area contributed by atoms with Crippen LogP contribution < -0.4 is 0 Å². The number of carbonyl (C=O) groups is 1. The Hall–Kier alpha value is -0.313. The topological polar surface area (TPSA) is 20.3 Å². The van der Waals surface area contributed by atoms with Gasteiger partial charge in [-0.05, 0) is 7.05 Å². The van der Waals surface area contributed by atoms with E-state index < -0.39 is 0 Å². The second-order valence-corrected chi connectivity index (χ2v) is 2.48. The van der Waals surface area contributed by atoms with E-state index in [0.717, 1.165) is 16.8 Å². The average Bonchev–Trinajstić information content (AvgIpc) is 1.38. The highest BCUT2D eigenvalue weighted by atomic mass is 28.2. The lowest BCUT2D eigenvalue weighted by atomic mass is 11.2. The molecule has 0 radical (unpaired) electrons. The normalized spacial score (nSPS) is 7.40. The number of nitrogens with zero attached hydrogens (tertiary/aromatic N) is 1. The molecule has 0 aromatic heterocycles. The summed E-state index contributed by atoms with van der Waals surface area (Å²) >= 11 is 0. The van der Waals surface area contributed by atoms with E-state index in [-0.39, 0.29) is 0 Å². The number of hydrogen-bond acceptors (Lipinski definition) is 1. The molecule has 0 rings (SSSR count). The van der Waals surface area contributed by atoms with Crippen LogP contribution in [0.3, 0.4) is 0 Å². The van der Waals surface area contributed by atoms with Gasteiger partial charge in [0.1, 0.15) is 10.4 Å². The van der Waals surface area contributed by atoms with Gasteiger partial charge in [-0.15, -0.1) is 0 Å². The Labute approximate surface area is 34.3 Å². The summed E-state index contributed by atoms with van der Waals surface area (Å²) in [7, 11) is 2.58. The molecular formula is C2H7NOSi. The molecule has 0 unspecified atom stereocenters. The lowest BCUT2D eigenvalue weighted by Crippen LogP contribution is -2.08. The molecule has 0 aliphatic carbocycles. The van der Waals surface area contributed by atoms with E-state index in [9.17, 15) is 4.79 Å². The molecule has 1 amide bonds. The Balaban J connectivity index is 2.83. The van der Waals surface area contributed by atoms with Crippen molar-refractivity contribution in [2.24, 2.45) is 0 Å². The summed E-state index contributed by atoms with van der Waals surface area (Å²) in [5.74, 6) is 0. The van der Waals surface area contributed by atoms with E-state index >= 15 is 0 Å². The zero-order valence-electron chi connectivity index (χ0n) is 3.43. The standard InChI is InChI=1S/C2H7NOSi/c1-3(5)2-4/h2H,1,5H3. The first-order valence-electron chi connectivity index (χ1n) is 1.39. The van der Waals surface area contributed by atoms with Crippen LogP contribution in [0.1, 0.15) is 0 Å². The van der Waals surface area contributed by atoms with Crippen LogP contribution in [0.25, 0.3) is 0 Å². The summed E-state index contributed by atoms with van der Waals surface area (Å²) < 4.78 is 1.58. The van der Waals surface area contributed by atoms with E-state index in [4.69, 9.17) is 0 Å². The predicted molar refractivity (Wildman–Crippen MR) is 23.8 cm³/mol. The number of rotatable bonds is 1. The third-order valence-electron chi connectivity index (χ3n) is 0.211. The van der Waals surface area contributed by atoms with Crippen LogP contribution in [0.15, 0.2) is 0 Å². The molecule has 3 heteroatoms. The SMILES string of the molecule is CN([SiH3])C=O. The summed E-state index contributed by atoms with van der Waals surface area (Å²) in [5, 5.41) is 0. The average molecular weight is 89.2 g/mol. The van der Waals surface area contributed by atoms with Crippen molar-refractivity contribution in [3.8, 4) is 0 Å². The summed E-state index contributed by atoms with van der Waals surface area (Å²) in [6.07, 6.45) is 0.812. The number of amides is 1. The van der Waals surface area contributed by atoms with Crippen LogP contribution in [-0.4, -0.2) is 28.4 Å². The van der Waals surface area contributed by atoms with E-state index in [1.165, 1.54) is 0 Å². The first-order valence-corrected chi connectivity index (χ1v) is 2.28. The van der Waals surface area contributed by atoms with Crippen LogP contribution in [0, 0.1) is 0 Å². The van der Waals surface area contributed by atoms with E-state index in [1.54, 1.807) is 11.6 Å². The van der Waals surface area contributed by atoms with Gasteiger partial charge in [-0.1, -0.05) is 0 Å². The molecule has 0 N–H and O–H groups in total. The van der Waals surface area contributed by atoms with Gasteiger partial charge >= 0.3 is 0 Å². The molecule has 0 aromatic rings. The minimum Gasteiger partial charge on any atom is -0.383 e. The van der Waals surface area contributed by atoms with Gasteiger partial charge in [-0.3, -0.25) is 4.79 Å². The zero-order chi connectivity index (χ0) is 4.28. The smallest absolute Gasteiger partial charge is 0.200 e. The molecule has 5 heavy (non-hydrogen) atoms. The molecule has 0 fully saturated rings. The van der Waals surface area contributed by atoms with Crippen molar-refractivity contribution in [2.75, 3.05) is 7.05 Å². The molecule has 0 spiro atoms. The van der Waals surface area contributed by atoms with Gasteiger partial charge in [0.25, 0.3) is 0 Å². The molecule has 0 aromatic carbocycles. The second-order valence-electron chi connectivity index (χ2n) is 1.07. The third kappa shape index (κ3) is 3.69. The molecular weight excluding hydrogens is 82.1 g/mol. The fourth-order valence-corrected chi connectivity index (χ4v) is 0. The second kappa shape index (κ2) is 1.96. The van der Waals surface area contributed by atoms with Crippen LogP contribution in [0.4, 0.5) is 0 Å². The number of carbonyl (C=O) groups excluding carboxylic acids is 1. The maximum absolute atomic E-state index is 9.47. The first kappa shape index (κ1) is 4.69. The van der Waals surface area contributed by atoms with Crippen LogP contribution in [0.2, 0.25) is 0 Å². The molecule has 0 saturated heterocycles. The maximum atomic E-state index is 9.47. The van der Waals surface area contributed by atoms with Gasteiger partial charge < -0.3 is 4.57 Å². The van der Waals surface area contributed by atoms with Crippen molar-refractivity contribution in [2.45, 2.75) is 0 Å². The van der Waals surface area contributed by atoms with Gasteiger partial charge in [0.05, 0.1) is 0 Å². The van der Waals surface area contributed by atoms with Crippen molar-refractivity contribution < 1.29 is 4.79 Å². The lowest BCUT2D eigenvalue weighted by molar-refractivity contribution is -0.113. The van der Waals surface area contributed by atoms with Crippen molar-refractivity contribution in [3.05, 3.63) is 0 Å². The molecule has 30 valence electrons. The highest BCUT2D eigenvalue weighted by Gasteiger charge is 1.68. The molecule has 0 atom stereocenters. The van der Waals surface area contributed by atoms with Crippen molar-refractivity contribution in [3.63, 3.8) is 0 Å². The Kier molecular flexibility index (Phi) is 1.84. The minimum absolute atomic E-state index is 0.812. The third-order valence-corrected chi connectivity index (χ3v) is 0.422.